The van der Waals surface area contributed by atoms with Gasteiger partial charge in [0.05, 0.1) is 11.9 Å². The van der Waals surface area contributed by atoms with Gasteiger partial charge in [-0.1, -0.05) is 44.6 Å². The number of hydrogen-bond donors (Lipinski definition) is 1. The molecule has 1 aliphatic heterocycles. The molecule has 1 fully saturated rings. The van der Waals surface area contributed by atoms with Gasteiger partial charge in [-0.2, -0.15) is 4.98 Å². The fourth-order valence-electron chi connectivity index (χ4n) is 4.68. The van der Waals surface area contributed by atoms with Gasteiger partial charge in [0, 0.05) is 55.5 Å². The molecule has 0 saturated carbocycles. The lowest BCUT2D eigenvalue weighted by atomic mass is 9.96. The van der Waals surface area contributed by atoms with Crippen LogP contribution in [0.1, 0.15) is 61.2 Å². The maximum absolute atomic E-state index is 15.8. The maximum atomic E-state index is 15.8. The van der Waals surface area contributed by atoms with Crippen molar-refractivity contribution in [1.29, 1.82) is 0 Å². The molecule has 4 rings (SSSR count). The number of hydrogen-bond acceptors (Lipinski definition) is 7. The monoisotopic (exact) mass is 534 g/mol. The van der Waals surface area contributed by atoms with E-state index in [2.05, 4.69) is 31.9 Å². The summed E-state index contributed by atoms with van der Waals surface area (Å²) in [6, 6.07) is 5.36. The van der Waals surface area contributed by atoms with Crippen molar-refractivity contribution in [3.8, 4) is 11.1 Å². The number of carbonyl (C=O) groups excluding carboxylic acids is 2. The minimum atomic E-state index is -0.492. The first-order valence-corrected chi connectivity index (χ1v) is 13.0. The van der Waals surface area contributed by atoms with Crippen molar-refractivity contribution in [3.63, 3.8) is 0 Å². The molecule has 206 valence electrons. The third kappa shape index (κ3) is 6.00. The number of nitrogens with zero attached hydrogens (tertiary/aromatic N) is 5. The average molecular weight is 535 g/mol. The van der Waals surface area contributed by atoms with E-state index < -0.39 is 5.91 Å². The Hall–Kier alpha value is -4.08. The van der Waals surface area contributed by atoms with Crippen molar-refractivity contribution in [2.45, 2.75) is 58.5 Å². The second-order valence-corrected chi connectivity index (χ2v) is 10.9. The predicted molar refractivity (Wildman–Crippen MR) is 147 cm³/mol. The summed E-state index contributed by atoms with van der Waals surface area (Å²) in [5.74, 6) is -0.667. The SMILES string of the molecule is C=CC(=O)N(C)[C@@H]1CCCN(c2cnccc2-c2ccc(CNC(=O)c3noc(C(C)(C)C)n3)c(C)c2F)C1. The number of likely N-dealkylation sites (N-methyl/N-ethyl adjacent to an activating group) is 1. The summed E-state index contributed by atoms with van der Waals surface area (Å²) in [5.41, 5.74) is 2.69. The van der Waals surface area contributed by atoms with E-state index in [9.17, 15) is 9.59 Å². The Morgan fingerprint density at radius 2 is 2.05 bits per heavy atom. The van der Waals surface area contributed by atoms with E-state index in [4.69, 9.17) is 4.52 Å². The first-order valence-electron chi connectivity index (χ1n) is 13.0. The van der Waals surface area contributed by atoms with E-state index >= 15 is 4.39 Å². The van der Waals surface area contributed by atoms with Crippen LogP contribution in [0.4, 0.5) is 10.1 Å². The molecule has 1 saturated heterocycles. The summed E-state index contributed by atoms with van der Waals surface area (Å²) in [6.45, 7) is 12.5. The smallest absolute Gasteiger partial charge is 0.292 e. The average Bonchev–Trinajstić information content (AvgIpc) is 3.44. The van der Waals surface area contributed by atoms with Gasteiger partial charge in [0.25, 0.3) is 11.7 Å². The lowest BCUT2D eigenvalue weighted by molar-refractivity contribution is -0.126. The third-order valence-electron chi connectivity index (χ3n) is 7.11. The normalized spacial score (nSPS) is 15.6. The summed E-state index contributed by atoms with van der Waals surface area (Å²) in [4.78, 5) is 37.1. The highest BCUT2D eigenvalue weighted by Crippen LogP contribution is 2.35. The quantitative estimate of drug-likeness (QED) is 0.448. The van der Waals surface area contributed by atoms with Crippen LogP contribution in [0.5, 0.6) is 0 Å². The summed E-state index contributed by atoms with van der Waals surface area (Å²) in [5, 5.41) is 6.52. The highest BCUT2D eigenvalue weighted by atomic mass is 19.1. The van der Waals surface area contributed by atoms with E-state index in [0.717, 1.165) is 30.6 Å². The molecule has 0 aliphatic carbocycles. The van der Waals surface area contributed by atoms with Gasteiger partial charge < -0.3 is 19.6 Å². The molecule has 3 aromatic rings. The van der Waals surface area contributed by atoms with Crippen molar-refractivity contribution >= 4 is 17.5 Å². The summed E-state index contributed by atoms with van der Waals surface area (Å²) >= 11 is 0. The van der Waals surface area contributed by atoms with Crippen LogP contribution < -0.4 is 10.2 Å². The molecule has 0 bridgehead atoms. The molecule has 0 radical (unpaired) electrons. The molecule has 1 aliphatic rings. The second kappa shape index (κ2) is 11.3. The molecule has 1 atom stereocenters. The number of aromatic nitrogens is 3. The number of benzene rings is 1. The molecule has 1 N–H and O–H groups in total. The summed E-state index contributed by atoms with van der Waals surface area (Å²) in [7, 11) is 1.78. The molecule has 39 heavy (non-hydrogen) atoms. The fourth-order valence-corrected chi connectivity index (χ4v) is 4.68. The van der Waals surface area contributed by atoms with Crippen LogP contribution in [-0.4, -0.2) is 58.0 Å². The fraction of sp³-hybridized carbons (Fsp3) is 0.414. The number of halogens is 1. The molecule has 2 aromatic heterocycles. The molecular formula is C29H35FN6O3. The van der Waals surface area contributed by atoms with Gasteiger partial charge in [-0.15, -0.1) is 0 Å². The molecule has 1 aromatic carbocycles. The van der Waals surface area contributed by atoms with Gasteiger partial charge in [-0.3, -0.25) is 14.6 Å². The zero-order valence-corrected chi connectivity index (χ0v) is 23.1. The Bertz CT molecular complexity index is 1380. The van der Waals surface area contributed by atoms with Crippen molar-refractivity contribution in [2.75, 3.05) is 25.0 Å². The Morgan fingerprint density at radius 1 is 1.28 bits per heavy atom. The van der Waals surface area contributed by atoms with Crippen LogP contribution in [0.2, 0.25) is 0 Å². The van der Waals surface area contributed by atoms with Gasteiger partial charge in [0.1, 0.15) is 5.82 Å². The van der Waals surface area contributed by atoms with Crippen LogP contribution in [0.15, 0.2) is 47.8 Å². The molecular weight excluding hydrogens is 499 g/mol. The second-order valence-electron chi connectivity index (χ2n) is 10.9. The molecule has 9 nitrogen and oxygen atoms in total. The number of piperidine rings is 1. The van der Waals surface area contributed by atoms with E-state index in [1.54, 1.807) is 43.4 Å². The van der Waals surface area contributed by atoms with Crippen LogP contribution in [0, 0.1) is 12.7 Å². The van der Waals surface area contributed by atoms with Crippen molar-refractivity contribution in [3.05, 3.63) is 71.9 Å². The first-order chi connectivity index (χ1) is 18.5. The van der Waals surface area contributed by atoms with Gasteiger partial charge >= 0.3 is 0 Å². The summed E-state index contributed by atoms with van der Waals surface area (Å²) in [6.07, 6.45) is 6.49. The Kier molecular flexibility index (Phi) is 8.13. The number of anilines is 1. The largest absolute Gasteiger partial charge is 0.368 e. The lowest BCUT2D eigenvalue weighted by Crippen LogP contribution is -2.48. The summed E-state index contributed by atoms with van der Waals surface area (Å²) < 4.78 is 21.0. The molecule has 10 heteroatoms. The molecule has 0 unspecified atom stereocenters. The Balaban J connectivity index is 1.53. The van der Waals surface area contributed by atoms with E-state index in [1.807, 2.05) is 26.8 Å². The van der Waals surface area contributed by atoms with Crippen molar-refractivity contribution < 1.29 is 18.5 Å². The van der Waals surface area contributed by atoms with Gasteiger partial charge in [-0.05, 0) is 43.0 Å². The van der Waals surface area contributed by atoms with Crippen LogP contribution in [-0.2, 0) is 16.8 Å². The number of rotatable bonds is 7. The van der Waals surface area contributed by atoms with E-state index in [-0.39, 0.29) is 35.6 Å². The zero-order chi connectivity index (χ0) is 28.3. The first kappa shape index (κ1) is 27.9. The molecule has 3 heterocycles. The minimum Gasteiger partial charge on any atom is -0.368 e. The Labute approximate surface area is 228 Å². The van der Waals surface area contributed by atoms with E-state index in [1.165, 1.54) is 6.08 Å². The Morgan fingerprint density at radius 3 is 2.74 bits per heavy atom. The van der Waals surface area contributed by atoms with Crippen LogP contribution in [0.3, 0.4) is 0 Å². The van der Waals surface area contributed by atoms with E-state index in [0.29, 0.717) is 29.1 Å². The maximum Gasteiger partial charge on any atom is 0.292 e. The zero-order valence-electron chi connectivity index (χ0n) is 23.1. The molecule has 2 amide bonds. The van der Waals surface area contributed by atoms with Crippen LogP contribution in [0.25, 0.3) is 11.1 Å². The number of nitrogens with one attached hydrogen (secondary N) is 1. The number of amides is 2. The lowest BCUT2D eigenvalue weighted by Gasteiger charge is -2.39. The minimum absolute atomic E-state index is 0.0218. The predicted octanol–water partition coefficient (Wildman–Crippen LogP) is 4.42. The third-order valence-corrected chi connectivity index (χ3v) is 7.11. The number of pyridine rings is 1. The highest BCUT2D eigenvalue weighted by Gasteiger charge is 2.28. The van der Waals surface area contributed by atoms with Gasteiger partial charge in [-0.25, -0.2) is 4.39 Å². The topological polar surface area (TPSA) is 104 Å². The molecule has 0 spiro atoms. The van der Waals surface area contributed by atoms with Crippen molar-refractivity contribution in [2.24, 2.45) is 0 Å². The van der Waals surface area contributed by atoms with Gasteiger partial charge in [0.2, 0.25) is 11.8 Å². The highest BCUT2D eigenvalue weighted by molar-refractivity contribution is 5.90. The van der Waals surface area contributed by atoms with Gasteiger partial charge in [0.15, 0.2) is 0 Å². The standard InChI is InChI=1S/C29H35FN6O3/c1-7-24(37)35(6)20-9-8-14-36(17-20)23-16-31-13-12-21(23)22-11-10-19(18(2)25(22)30)15-32-27(38)26-33-28(39-34-26)29(3,4)5/h7,10-13,16,20H,1,8-9,14-15,17H2,2-6H3,(H,32,38)/t20-/m1/s1. The number of carbonyl (C=O) groups is 2. The van der Waals surface area contributed by atoms with Crippen LogP contribution >= 0.6 is 0 Å². The van der Waals surface area contributed by atoms with Crippen molar-refractivity contribution in [1.82, 2.24) is 25.3 Å².